The summed E-state index contributed by atoms with van der Waals surface area (Å²) in [5.74, 6) is 19.0. The molecule has 23 atom stereocenters. The zero-order chi connectivity index (χ0) is 102. The Morgan fingerprint density at radius 3 is 0.746 bits per heavy atom. The summed E-state index contributed by atoms with van der Waals surface area (Å²) >= 11 is 0. The van der Waals surface area contributed by atoms with Crippen molar-refractivity contribution in [3.8, 4) is 0 Å². The molecule has 0 aromatic rings. The number of methoxy groups -OCH3 is 5. The molecule has 0 saturated heterocycles. The molecule has 0 amide bonds. The Bertz CT molecular complexity index is 3860. The number of carbonyl (C=O) groups is 10. The van der Waals surface area contributed by atoms with Crippen LogP contribution in [0.1, 0.15) is 436 Å². The minimum absolute atomic E-state index is 0.0460. The van der Waals surface area contributed by atoms with Gasteiger partial charge in [0.1, 0.15) is 28.0 Å². The molecule has 0 aromatic heterocycles. The summed E-state index contributed by atoms with van der Waals surface area (Å²) < 4.78 is 52.1. The molecule has 790 valence electrons. The summed E-state index contributed by atoms with van der Waals surface area (Å²) in [7, 11) is 7.08. The van der Waals surface area contributed by atoms with Crippen molar-refractivity contribution in [3.63, 3.8) is 0 Å². The lowest BCUT2D eigenvalue weighted by Crippen LogP contribution is -2.57. The second kappa shape index (κ2) is 46.6. The smallest absolute Gasteiger partial charge is 0.311 e. The van der Waals surface area contributed by atoms with Gasteiger partial charge in [0.05, 0.1) is 92.2 Å². The molecule has 0 aliphatic heterocycles. The van der Waals surface area contributed by atoms with Crippen molar-refractivity contribution in [1.82, 2.24) is 0 Å². The van der Waals surface area contributed by atoms with E-state index in [1.807, 2.05) is 145 Å². The minimum Gasteiger partial charge on any atom is -0.469 e. The van der Waals surface area contributed by atoms with Crippen molar-refractivity contribution in [3.05, 3.63) is 0 Å². The zero-order valence-electron chi connectivity index (χ0n) is 92.7. The lowest BCUT2D eigenvalue weighted by molar-refractivity contribution is -0.203. The van der Waals surface area contributed by atoms with Gasteiger partial charge in [0.15, 0.2) is 0 Å². The second-order valence-corrected chi connectivity index (χ2v) is 53.8. The van der Waals surface area contributed by atoms with Gasteiger partial charge in [0.2, 0.25) is 0 Å². The Balaban J connectivity index is 0.000000162. The quantitative estimate of drug-likeness (QED) is 0.0661. The highest BCUT2D eigenvalue weighted by Gasteiger charge is 2.67. The van der Waals surface area contributed by atoms with Gasteiger partial charge in [-0.05, 0) is 507 Å². The summed E-state index contributed by atoms with van der Waals surface area (Å²) in [6, 6.07) is 0. The average molecular weight is 1940 g/mol. The Kier molecular flexibility index (Phi) is 38.7. The molecule has 20 heteroatoms. The number of ether oxygens (including phenoxy) is 10. The van der Waals surface area contributed by atoms with E-state index >= 15 is 0 Å². The summed E-state index contributed by atoms with van der Waals surface area (Å²) in [6.07, 6.45) is 50.4. The topological polar surface area (TPSA) is 263 Å². The van der Waals surface area contributed by atoms with Crippen molar-refractivity contribution in [2.45, 2.75) is 464 Å². The average Bonchev–Trinajstić information content (AvgIpc) is 1.35. The first-order chi connectivity index (χ1) is 64.4. The van der Waals surface area contributed by atoms with Gasteiger partial charge < -0.3 is 47.4 Å². The molecule has 0 heterocycles. The number of esters is 10. The van der Waals surface area contributed by atoms with Crippen LogP contribution in [0.15, 0.2) is 0 Å². The third-order valence-corrected chi connectivity index (χ3v) is 39.8. The van der Waals surface area contributed by atoms with E-state index in [2.05, 4.69) is 51.4 Å². The fourth-order valence-electron chi connectivity index (χ4n) is 30.5. The van der Waals surface area contributed by atoms with Crippen LogP contribution in [0.5, 0.6) is 0 Å². The molecule has 0 spiro atoms. The Hall–Kier alpha value is -5.30. The molecule has 0 radical (unpaired) electrons. The third-order valence-electron chi connectivity index (χ3n) is 39.8. The molecule has 20 nitrogen and oxygen atoms in total. The highest BCUT2D eigenvalue weighted by Crippen LogP contribution is 2.71. The fourth-order valence-corrected chi connectivity index (χ4v) is 30.5. The fraction of sp³-hybridized carbons (Fsp3) is 0.915. The van der Waals surface area contributed by atoms with Gasteiger partial charge in [0.25, 0.3) is 0 Å². The first-order valence-corrected chi connectivity index (χ1v) is 55.9. The van der Waals surface area contributed by atoms with Crippen LogP contribution in [0.2, 0.25) is 0 Å². The molecule has 20 aliphatic carbocycles. The maximum atomic E-state index is 12.9. The molecular formula is C118H198O20. The maximum Gasteiger partial charge on any atom is 0.311 e. The van der Waals surface area contributed by atoms with Crippen molar-refractivity contribution in [1.29, 1.82) is 0 Å². The van der Waals surface area contributed by atoms with Gasteiger partial charge in [-0.25, -0.2) is 0 Å². The van der Waals surface area contributed by atoms with Crippen LogP contribution in [0.25, 0.3) is 0 Å². The van der Waals surface area contributed by atoms with E-state index in [0.717, 1.165) is 185 Å². The van der Waals surface area contributed by atoms with E-state index in [0.29, 0.717) is 29.6 Å². The molecular weight excluding hydrogens is 1740 g/mol. The van der Waals surface area contributed by atoms with Gasteiger partial charge in [-0.3, -0.25) is 47.9 Å². The van der Waals surface area contributed by atoms with Gasteiger partial charge in [-0.15, -0.1) is 0 Å². The largest absolute Gasteiger partial charge is 0.469 e. The van der Waals surface area contributed by atoms with Crippen LogP contribution >= 0.6 is 0 Å². The third kappa shape index (κ3) is 27.7. The first-order valence-electron chi connectivity index (χ1n) is 55.9. The molecule has 20 rings (SSSR count). The molecule has 20 saturated carbocycles. The van der Waals surface area contributed by atoms with Crippen molar-refractivity contribution in [2.75, 3.05) is 35.5 Å². The van der Waals surface area contributed by atoms with E-state index in [-0.39, 0.29) is 150 Å². The summed E-state index contributed by atoms with van der Waals surface area (Å²) in [5, 5.41) is 0. The molecule has 138 heavy (non-hydrogen) atoms. The van der Waals surface area contributed by atoms with Crippen LogP contribution in [0, 0.1) is 186 Å². The van der Waals surface area contributed by atoms with E-state index in [4.69, 9.17) is 23.7 Å². The monoisotopic (exact) mass is 1940 g/mol. The highest BCUT2D eigenvalue weighted by atomic mass is 16.6. The van der Waals surface area contributed by atoms with Gasteiger partial charge >= 0.3 is 59.7 Å². The van der Waals surface area contributed by atoms with Crippen molar-refractivity contribution < 1.29 is 95.3 Å². The predicted molar refractivity (Wildman–Crippen MR) is 541 cm³/mol. The number of fused-ring (bicyclic) bond motifs is 24. The lowest BCUT2D eigenvalue weighted by atomic mass is 9.46. The van der Waals surface area contributed by atoms with Gasteiger partial charge in [0, 0.05) is 5.41 Å². The summed E-state index contributed by atoms with van der Waals surface area (Å²) in [4.78, 5) is 116. The van der Waals surface area contributed by atoms with Gasteiger partial charge in [-0.1, -0.05) is 53.9 Å². The lowest BCUT2D eigenvalue weighted by Gasteiger charge is -2.61. The zero-order valence-corrected chi connectivity index (χ0v) is 92.7. The molecule has 0 N–H and O–H groups in total. The molecule has 20 aliphatic rings. The molecule has 20 fully saturated rings. The van der Waals surface area contributed by atoms with Crippen LogP contribution in [-0.4, -0.2) is 123 Å². The standard InChI is InChI=1S/C21H32O2.C19H28O2.C17H26O2.C14H22O2.C12H20O2.5C7H14O2/c1-20(2,23-19(22)18-9-13-3-4-17(18)8-13)21-10-14-5-15(11-21)7-16(6-14)12-21;1-19(6-2-3-7-19)21-18(20)15-10-13-9-14(15)17-12-5-4-11(8-12)16(13)17;1-17(2,3)19-16(18)13-8-11-7-12(13)15-10-5-4-9(6-10)14(11)15;1-14(6-2-3-7-14)16-13(15)12-9-10-4-5-11(12)8-10;1-12(2,3)14-11(13)10-7-8-4-5-9(10)6-8;5*1-5-7(2,3)6(8)9-4/h13-18H,3-12H2,1-2H3;11-17H,2-10H2,1H3;9-15H,4-8H2,1-3H3;10-12H,2-9H2,1H3;8-10H,4-7H2,1-3H3;5*5H2,1-4H3. The SMILES string of the molecule is CC(C)(C)OC(=O)C1CC2CC1C1C3CCC(C3)C21.CC(C)(C)OC(=O)C1CC2CCC1C2.CC(C)(OC(=O)C1CC2CCC1C2)C12CC3CC(CC(C3)C1)C2.CC1(OC(=O)C2CC3CC2C2C4CCC(C4)C32)CCCC1.CC1(OC(=O)C2CC3CCC2C3)CCCC1.CCC(C)(C)C(=O)OC.CCC(C)(C)C(=O)OC.CCC(C)(C)C(=O)OC.CCC(C)(C)C(=O)OC.CCC(C)(C)C(=O)OC. The Labute approximate surface area is 836 Å². The minimum atomic E-state index is -0.326. The highest BCUT2D eigenvalue weighted by molar-refractivity contribution is 5.79. The summed E-state index contributed by atoms with van der Waals surface area (Å²) in [5.41, 5.74) is -2.43. The molecule has 23 unspecified atom stereocenters. The van der Waals surface area contributed by atoms with Crippen LogP contribution in [0.4, 0.5) is 0 Å². The van der Waals surface area contributed by atoms with E-state index in [1.165, 1.54) is 209 Å². The van der Waals surface area contributed by atoms with Crippen LogP contribution < -0.4 is 0 Å². The van der Waals surface area contributed by atoms with Crippen LogP contribution in [0.3, 0.4) is 0 Å². The normalized spacial score (nSPS) is 35.3. The number of hydrogen-bond acceptors (Lipinski definition) is 20. The van der Waals surface area contributed by atoms with E-state index in [1.54, 1.807) is 0 Å². The van der Waals surface area contributed by atoms with E-state index < -0.39 is 0 Å². The maximum absolute atomic E-state index is 12.9. The van der Waals surface area contributed by atoms with E-state index in [9.17, 15) is 47.9 Å². The number of hydrogen-bond donors (Lipinski definition) is 0. The molecule has 18 bridgehead atoms. The first kappa shape index (κ1) is 115. The number of carbonyl (C=O) groups excluding carboxylic acids is 10. The number of rotatable bonds is 19. The van der Waals surface area contributed by atoms with Crippen molar-refractivity contribution in [2.24, 2.45) is 186 Å². The Morgan fingerprint density at radius 1 is 0.254 bits per heavy atom. The predicted octanol–water partition coefficient (Wildman–Crippen LogP) is 26.8. The Morgan fingerprint density at radius 2 is 0.500 bits per heavy atom. The second-order valence-electron chi connectivity index (χ2n) is 53.8. The summed E-state index contributed by atoms with van der Waals surface area (Å²) in [6.45, 7) is 49.1. The van der Waals surface area contributed by atoms with Gasteiger partial charge in [-0.2, -0.15) is 0 Å². The molecule has 0 aromatic carbocycles. The van der Waals surface area contributed by atoms with Crippen LogP contribution in [-0.2, 0) is 95.3 Å². The van der Waals surface area contributed by atoms with Crippen molar-refractivity contribution >= 4 is 59.7 Å².